The Labute approximate surface area is 175 Å². The van der Waals surface area contributed by atoms with Crippen LogP contribution < -0.4 is 19.8 Å². The summed E-state index contributed by atoms with van der Waals surface area (Å²) in [5, 5.41) is 6.40. The molecule has 2 N–H and O–H groups in total. The first-order valence-corrected chi connectivity index (χ1v) is 10.4. The molecule has 0 aliphatic heterocycles. The number of nitrogens with zero attached hydrogens (tertiary/aromatic N) is 2. The number of hydrogen-bond acceptors (Lipinski definition) is 6. The van der Waals surface area contributed by atoms with Gasteiger partial charge in [0.25, 0.3) is 15.9 Å². The van der Waals surface area contributed by atoms with Crippen molar-refractivity contribution >= 4 is 38.9 Å². The number of hydrogen-bond donors (Lipinski definition) is 2. The summed E-state index contributed by atoms with van der Waals surface area (Å²) in [6.45, 7) is 4.29. The first-order chi connectivity index (χ1) is 14.1. The maximum absolute atomic E-state index is 13.3. The van der Waals surface area contributed by atoms with E-state index in [2.05, 4.69) is 15.8 Å². The number of hydrazone groups is 1. The average molecular weight is 433 g/mol. The number of rotatable bonds is 8. The van der Waals surface area contributed by atoms with Crippen molar-refractivity contribution in [1.82, 2.24) is 5.43 Å². The molecular formula is C20H24N4O5S. The number of sulfonamides is 1. The molecule has 2 amide bonds. The Balaban J connectivity index is 2.41. The van der Waals surface area contributed by atoms with Crippen molar-refractivity contribution in [3.63, 3.8) is 0 Å². The van der Waals surface area contributed by atoms with Crippen LogP contribution in [0.3, 0.4) is 0 Å². The second-order valence-corrected chi connectivity index (χ2v) is 8.37. The average Bonchev–Trinajstić information content (AvgIpc) is 2.70. The van der Waals surface area contributed by atoms with E-state index in [9.17, 15) is 18.0 Å². The Hall–Kier alpha value is -3.40. The lowest BCUT2D eigenvalue weighted by Crippen LogP contribution is -2.39. The van der Waals surface area contributed by atoms with E-state index in [-0.39, 0.29) is 16.5 Å². The number of ether oxygens (including phenoxy) is 1. The van der Waals surface area contributed by atoms with E-state index >= 15 is 0 Å². The zero-order valence-corrected chi connectivity index (χ0v) is 18.0. The molecule has 0 atom stereocenters. The van der Waals surface area contributed by atoms with Gasteiger partial charge in [0, 0.05) is 18.3 Å². The van der Waals surface area contributed by atoms with Crippen molar-refractivity contribution in [3.05, 3.63) is 48.5 Å². The standard InChI is InChI=1S/C20H24N4O5S/c1-14(2)22-23-20(26)13-24(17-7-9-18(29-4)10-8-17)30(27,28)19-11-5-16(6-12-19)21-15(3)25/h5-12H,13H2,1-4H3,(H,21,25)(H,23,26). The Bertz CT molecular complexity index is 1030. The Morgan fingerprint density at radius 3 is 2.10 bits per heavy atom. The number of benzene rings is 2. The van der Waals surface area contributed by atoms with Crippen LogP contribution >= 0.6 is 0 Å². The molecule has 0 fully saturated rings. The lowest BCUT2D eigenvalue weighted by atomic mass is 10.3. The van der Waals surface area contributed by atoms with Gasteiger partial charge in [0.2, 0.25) is 5.91 Å². The van der Waals surface area contributed by atoms with E-state index in [1.54, 1.807) is 38.1 Å². The van der Waals surface area contributed by atoms with Crippen molar-refractivity contribution in [2.45, 2.75) is 25.7 Å². The van der Waals surface area contributed by atoms with Gasteiger partial charge in [-0.1, -0.05) is 0 Å². The molecular weight excluding hydrogens is 408 g/mol. The van der Waals surface area contributed by atoms with Gasteiger partial charge in [-0.15, -0.1) is 0 Å². The van der Waals surface area contributed by atoms with Gasteiger partial charge in [0.1, 0.15) is 12.3 Å². The molecule has 0 aromatic heterocycles. The number of methoxy groups -OCH3 is 1. The molecule has 160 valence electrons. The summed E-state index contributed by atoms with van der Waals surface area (Å²) >= 11 is 0. The lowest BCUT2D eigenvalue weighted by molar-refractivity contribution is -0.119. The summed E-state index contributed by atoms with van der Waals surface area (Å²) in [7, 11) is -2.58. The molecule has 0 saturated heterocycles. The predicted molar refractivity (Wildman–Crippen MR) is 115 cm³/mol. The van der Waals surface area contributed by atoms with E-state index in [0.717, 1.165) is 4.31 Å². The topological polar surface area (TPSA) is 117 Å². The van der Waals surface area contributed by atoms with Gasteiger partial charge in [-0.05, 0) is 62.4 Å². The highest BCUT2D eigenvalue weighted by molar-refractivity contribution is 7.92. The van der Waals surface area contributed by atoms with E-state index < -0.39 is 22.5 Å². The summed E-state index contributed by atoms with van der Waals surface area (Å²) in [6.07, 6.45) is 0. The van der Waals surface area contributed by atoms with Crippen LogP contribution in [-0.4, -0.2) is 39.6 Å². The van der Waals surface area contributed by atoms with Gasteiger partial charge in [-0.25, -0.2) is 13.8 Å². The van der Waals surface area contributed by atoms with Crippen LogP contribution in [0.25, 0.3) is 0 Å². The molecule has 2 aromatic carbocycles. The van der Waals surface area contributed by atoms with E-state index in [1.807, 2.05) is 0 Å². The predicted octanol–water partition coefficient (Wildman–Crippen LogP) is 2.36. The molecule has 0 aliphatic rings. The monoisotopic (exact) mass is 432 g/mol. The molecule has 2 rings (SSSR count). The highest BCUT2D eigenvalue weighted by Gasteiger charge is 2.27. The van der Waals surface area contributed by atoms with Crippen LogP contribution in [0.1, 0.15) is 20.8 Å². The summed E-state index contributed by atoms with van der Waals surface area (Å²) in [4.78, 5) is 23.4. The van der Waals surface area contributed by atoms with Crippen LogP contribution in [-0.2, 0) is 19.6 Å². The van der Waals surface area contributed by atoms with Gasteiger partial charge in [-0.3, -0.25) is 13.9 Å². The first-order valence-electron chi connectivity index (χ1n) is 8.97. The minimum atomic E-state index is -4.08. The Morgan fingerprint density at radius 1 is 1.00 bits per heavy atom. The Kier molecular flexibility index (Phi) is 7.54. The zero-order chi connectivity index (χ0) is 22.3. The van der Waals surface area contributed by atoms with E-state index in [1.165, 1.54) is 38.3 Å². The molecule has 0 radical (unpaired) electrons. The number of carbonyl (C=O) groups is 2. The molecule has 10 heteroatoms. The maximum Gasteiger partial charge on any atom is 0.264 e. The van der Waals surface area contributed by atoms with Gasteiger partial charge in [0.05, 0.1) is 17.7 Å². The highest BCUT2D eigenvalue weighted by atomic mass is 32.2. The molecule has 2 aromatic rings. The van der Waals surface area contributed by atoms with Crippen molar-refractivity contribution < 1.29 is 22.7 Å². The summed E-state index contributed by atoms with van der Waals surface area (Å²) in [5.41, 5.74) is 3.70. The number of amides is 2. The fourth-order valence-electron chi connectivity index (χ4n) is 2.44. The number of anilines is 2. The van der Waals surface area contributed by atoms with E-state index in [0.29, 0.717) is 17.1 Å². The number of carbonyl (C=O) groups excluding carboxylic acids is 2. The molecule has 0 saturated carbocycles. The van der Waals surface area contributed by atoms with Crippen molar-refractivity contribution in [1.29, 1.82) is 0 Å². The third kappa shape index (κ3) is 6.05. The van der Waals surface area contributed by atoms with E-state index in [4.69, 9.17) is 4.74 Å². The molecule has 0 heterocycles. The fraction of sp³-hybridized carbons (Fsp3) is 0.250. The lowest BCUT2D eigenvalue weighted by Gasteiger charge is -2.24. The van der Waals surface area contributed by atoms with Gasteiger partial charge in [-0.2, -0.15) is 5.10 Å². The molecule has 0 bridgehead atoms. The summed E-state index contributed by atoms with van der Waals surface area (Å²) < 4.78 is 32.7. The minimum absolute atomic E-state index is 0.0320. The second kappa shape index (κ2) is 9.88. The van der Waals surface area contributed by atoms with Crippen LogP contribution in [0.15, 0.2) is 58.5 Å². The third-order valence-corrected chi connectivity index (χ3v) is 5.60. The summed E-state index contributed by atoms with van der Waals surface area (Å²) in [6, 6.07) is 12.0. The second-order valence-electron chi connectivity index (χ2n) is 6.51. The van der Waals surface area contributed by atoms with Crippen molar-refractivity contribution in [2.75, 3.05) is 23.3 Å². The minimum Gasteiger partial charge on any atom is -0.497 e. The molecule has 0 aliphatic carbocycles. The number of nitrogens with one attached hydrogen (secondary N) is 2. The Morgan fingerprint density at radius 2 is 1.60 bits per heavy atom. The largest absolute Gasteiger partial charge is 0.497 e. The third-order valence-electron chi connectivity index (χ3n) is 3.81. The van der Waals surface area contributed by atoms with Crippen molar-refractivity contribution in [2.24, 2.45) is 5.10 Å². The molecule has 0 unspecified atom stereocenters. The van der Waals surface area contributed by atoms with Crippen LogP contribution in [0, 0.1) is 0 Å². The first kappa shape index (κ1) is 22.9. The maximum atomic E-state index is 13.3. The van der Waals surface area contributed by atoms with Gasteiger partial charge >= 0.3 is 0 Å². The van der Waals surface area contributed by atoms with Crippen molar-refractivity contribution in [3.8, 4) is 5.75 Å². The summed E-state index contributed by atoms with van der Waals surface area (Å²) in [5.74, 6) is -0.314. The SMILES string of the molecule is COc1ccc(N(CC(=O)NN=C(C)C)S(=O)(=O)c2ccc(NC(C)=O)cc2)cc1. The fourth-order valence-corrected chi connectivity index (χ4v) is 3.87. The molecule has 0 spiro atoms. The zero-order valence-electron chi connectivity index (χ0n) is 17.2. The van der Waals surface area contributed by atoms with Crippen LogP contribution in [0.4, 0.5) is 11.4 Å². The van der Waals surface area contributed by atoms with Crippen LogP contribution in [0.5, 0.6) is 5.75 Å². The molecule has 9 nitrogen and oxygen atoms in total. The quantitative estimate of drug-likeness (QED) is 0.491. The normalized spacial score (nSPS) is 10.7. The smallest absolute Gasteiger partial charge is 0.264 e. The molecule has 30 heavy (non-hydrogen) atoms. The highest BCUT2D eigenvalue weighted by Crippen LogP contribution is 2.26. The van der Waals surface area contributed by atoms with Gasteiger partial charge < -0.3 is 10.1 Å². The van der Waals surface area contributed by atoms with Crippen LogP contribution in [0.2, 0.25) is 0 Å². The van der Waals surface area contributed by atoms with Gasteiger partial charge in [0.15, 0.2) is 0 Å².